The standard InChI is InChI=1S/C31H37N5O4S/c1-20-8-11-28(40-17-24-10-9-22(15-21(24)2)29(37)35(3)13-5-12-32)26(14-20)27-18-41-31(34-27)36(19-33)16-23-6-4-7-25(23)30(38)39/h8-11,14-15,18,23,25H,4-7,13,16-17,19,33H2,1-3H3,(H,38,39)/t23?,25-/m1/s1. The number of carboxylic acids is 1. The number of thiazole rings is 1. The number of nitriles is 1. The first kappa shape index (κ1) is 30.0. The van der Waals surface area contributed by atoms with Gasteiger partial charge in [0.15, 0.2) is 5.13 Å². The Morgan fingerprint density at radius 3 is 2.73 bits per heavy atom. The molecule has 1 aliphatic carbocycles. The van der Waals surface area contributed by atoms with Crippen LogP contribution in [0, 0.1) is 37.0 Å². The molecule has 0 radical (unpaired) electrons. The second-order valence-corrected chi connectivity index (χ2v) is 11.5. The average Bonchev–Trinajstić information content (AvgIpc) is 3.64. The summed E-state index contributed by atoms with van der Waals surface area (Å²) in [6.45, 7) is 5.52. The first-order valence-electron chi connectivity index (χ1n) is 13.8. The summed E-state index contributed by atoms with van der Waals surface area (Å²) < 4.78 is 6.29. The molecule has 1 saturated carbocycles. The molecule has 1 amide bonds. The molecule has 9 nitrogen and oxygen atoms in total. The zero-order chi connectivity index (χ0) is 29.5. The Morgan fingerprint density at radius 2 is 2.02 bits per heavy atom. The first-order valence-corrected chi connectivity index (χ1v) is 14.7. The van der Waals surface area contributed by atoms with E-state index >= 15 is 0 Å². The molecule has 2 aromatic carbocycles. The summed E-state index contributed by atoms with van der Waals surface area (Å²) in [7, 11) is 1.70. The summed E-state index contributed by atoms with van der Waals surface area (Å²) in [5.41, 5.74) is 11.3. The van der Waals surface area contributed by atoms with Crippen LogP contribution in [0.3, 0.4) is 0 Å². The molecular formula is C31H37N5O4S. The molecule has 1 fully saturated rings. The highest BCUT2D eigenvalue weighted by Crippen LogP contribution is 2.37. The normalized spacial score (nSPS) is 16.3. The molecule has 0 aliphatic heterocycles. The maximum atomic E-state index is 12.7. The van der Waals surface area contributed by atoms with Gasteiger partial charge in [0.05, 0.1) is 30.8 Å². The van der Waals surface area contributed by atoms with Gasteiger partial charge in [0, 0.05) is 36.6 Å². The van der Waals surface area contributed by atoms with Crippen LogP contribution < -0.4 is 15.4 Å². The summed E-state index contributed by atoms with van der Waals surface area (Å²) in [4.78, 5) is 32.8. The third kappa shape index (κ3) is 7.23. The number of hydrogen-bond donors (Lipinski definition) is 2. The minimum Gasteiger partial charge on any atom is -0.488 e. The van der Waals surface area contributed by atoms with E-state index in [1.54, 1.807) is 18.0 Å². The molecule has 4 rings (SSSR count). The molecule has 10 heteroatoms. The predicted molar refractivity (Wildman–Crippen MR) is 160 cm³/mol. The number of carbonyl (C=O) groups is 2. The van der Waals surface area contributed by atoms with Gasteiger partial charge in [-0.2, -0.15) is 5.26 Å². The van der Waals surface area contributed by atoms with Gasteiger partial charge in [-0.1, -0.05) is 24.1 Å². The topological polar surface area (TPSA) is 133 Å². The number of hydrogen-bond acceptors (Lipinski definition) is 8. The summed E-state index contributed by atoms with van der Waals surface area (Å²) in [5, 5.41) is 21.1. The van der Waals surface area contributed by atoms with Crippen molar-refractivity contribution >= 4 is 28.3 Å². The van der Waals surface area contributed by atoms with Gasteiger partial charge in [-0.25, -0.2) is 4.98 Å². The fourth-order valence-corrected chi connectivity index (χ4v) is 6.13. The Balaban J connectivity index is 1.48. The largest absolute Gasteiger partial charge is 0.488 e. The van der Waals surface area contributed by atoms with Crippen molar-refractivity contribution in [3.63, 3.8) is 0 Å². The van der Waals surface area contributed by atoms with E-state index in [9.17, 15) is 14.7 Å². The van der Waals surface area contributed by atoms with Crippen LogP contribution in [0.25, 0.3) is 11.3 Å². The molecule has 0 saturated heterocycles. The van der Waals surface area contributed by atoms with E-state index < -0.39 is 5.97 Å². The van der Waals surface area contributed by atoms with Crippen LogP contribution in [0.5, 0.6) is 5.75 Å². The highest BCUT2D eigenvalue weighted by atomic mass is 32.1. The molecular weight excluding hydrogens is 538 g/mol. The molecule has 1 aliphatic rings. The molecule has 1 aromatic heterocycles. The zero-order valence-electron chi connectivity index (χ0n) is 23.8. The van der Waals surface area contributed by atoms with Crippen LogP contribution in [-0.4, -0.2) is 53.7 Å². The molecule has 3 aromatic rings. The van der Waals surface area contributed by atoms with E-state index in [1.807, 2.05) is 54.5 Å². The molecule has 41 heavy (non-hydrogen) atoms. The molecule has 1 unspecified atom stereocenters. The number of nitrogens with zero attached hydrogens (tertiary/aromatic N) is 4. The summed E-state index contributed by atoms with van der Waals surface area (Å²) >= 11 is 1.49. The lowest BCUT2D eigenvalue weighted by atomic mass is 9.96. The Kier molecular flexibility index (Phi) is 9.97. The number of rotatable bonds is 12. The van der Waals surface area contributed by atoms with Crippen molar-refractivity contribution in [2.45, 2.75) is 46.1 Å². The van der Waals surface area contributed by atoms with Crippen molar-refractivity contribution in [2.75, 3.05) is 31.7 Å². The predicted octanol–water partition coefficient (Wildman–Crippen LogP) is 5.22. The fraction of sp³-hybridized carbons (Fsp3) is 0.419. The maximum absolute atomic E-state index is 12.7. The smallest absolute Gasteiger partial charge is 0.306 e. The third-order valence-electron chi connectivity index (χ3n) is 7.70. The number of amides is 1. The SMILES string of the molecule is Cc1ccc(OCc2ccc(C(=O)N(C)CCC#N)cc2C)c(-c2csc(N(CN)CC3CCC[C@H]3C(=O)O)n2)c1. The van der Waals surface area contributed by atoms with Crippen LogP contribution in [-0.2, 0) is 11.4 Å². The van der Waals surface area contributed by atoms with Gasteiger partial charge < -0.3 is 25.4 Å². The van der Waals surface area contributed by atoms with E-state index in [1.165, 1.54) is 11.3 Å². The van der Waals surface area contributed by atoms with Crippen molar-refractivity contribution in [3.05, 3.63) is 64.0 Å². The average molecular weight is 576 g/mol. The zero-order valence-corrected chi connectivity index (χ0v) is 24.6. The Morgan fingerprint density at radius 1 is 1.22 bits per heavy atom. The van der Waals surface area contributed by atoms with Gasteiger partial charge in [-0.3, -0.25) is 9.59 Å². The van der Waals surface area contributed by atoms with E-state index in [0.717, 1.165) is 45.9 Å². The van der Waals surface area contributed by atoms with E-state index in [2.05, 4.69) is 6.07 Å². The van der Waals surface area contributed by atoms with E-state index in [4.69, 9.17) is 20.7 Å². The summed E-state index contributed by atoms with van der Waals surface area (Å²) in [5.74, 6) is -0.423. The van der Waals surface area contributed by atoms with Crippen LogP contribution in [0.4, 0.5) is 5.13 Å². The lowest BCUT2D eigenvalue weighted by Crippen LogP contribution is -2.37. The third-order valence-corrected chi connectivity index (χ3v) is 8.61. The van der Waals surface area contributed by atoms with Crippen molar-refractivity contribution in [1.82, 2.24) is 9.88 Å². The number of aromatic nitrogens is 1. The lowest BCUT2D eigenvalue weighted by Gasteiger charge is -2.25. The monoisotopic (exact) mass is 575 g/mol. The lowest BCUT2D eigenvalue weighted by molar-refractivity contribution is -0.142. The van der Waals surface area contributed by atoms with Crippen LogP contribution in [0.15, 0.2) is 41.8 Å². The van der Waals surface area contributed by atoms with Crippen molar-refractivity contribution in [1.29, 1.82) is 5.26 Å². The number of aliphatic carboxylic acids is 1. The second kappa shape index (κ2) is 13.6. The highest BCUT2D eigenvalue weighted by molar-refractivity contribution is 7.14. The molecule has 2 atom stereocenters. The van der Waals surface area contributed by atoms with Gasteiger partial charge in [0.1, 0.15) is 12.4 Å². The number of carbonyl (C=O) groups excluding carboxylic acids is 1. The molecule has 0 spiro atoms. The highest BCUT2D eigenvalue weighted by Gasteiger charge is 2.34. The van der Waals surface area contributed by atoms with Crippen molar-refractivity contribution in [2.24, 2.45) is 17.6 Å². The Hall–Kier alpha value is -3.94. The first-order chi connectivity index (χ1) is 19.7. The maximum Gasteiger partial charge on any atom is 0.306 e. The number of benzene rings is 2. The van der Waals surface area contributed by atoms with Gasteiger partial charge in [-0.15, -0.1) is 11.3 Å². The Labute approximate surface area is 245 Å². The fourth-order valence-electron chi connectivity index (χ4n) is 5.28. The minimum atomic E-state index is -0.731. The second-order valence-electron chi connectivity index (χ2n) is 10.6. The number of anilines is 1. The van der Waals surface area contributed by atoms with E-state index in [0.29, 0.717) is 43.9 Å². The number of ether oxygens (including phenoxy) is 1. The van der Waals surface area contributed by atoms with Crippen LogP contribution >= 0.6 is 11.3 Å². The summed E-state index contributed by atoms with van der Waals surface area (Å²) in [6, 6.07) is 13.6. The summed E-state index contributed by atoms with van der Waals surface area (Å²) in [6.07, 6.45) is 2.81. The van der Waals surface area contributed by atoms with Gasteiger partial charge in [0.2, 0.25) is 0 Å². The molecule has 1 heterocycles. The van der Waals surface area contributed by atoms with E-state index in [-0.39, 0.29) is 24.4 Å². The van der Waals surface area contributed by atoms with Crippen molar-refractivity contribution < 1.29 is 19.4 Å². The van der Waals surface area contributed by atoms with Crippen molar-refractivity contribution in [3.8, 4) is 23.1 Å². The van der Waals surface area contributed by atoms with Crippen LogP contribution in [0.1, 0.15) is 52.7 Å². The quantitative estimate of drug-likeness (QED) is 0.281. The van der Waals surface area contributed by atoms with Gasteiger partial charge in [-0.05, 0) is 68.0 Å². The Bertz CT molecular complexity index is 1430. The van der Waals surface area contributed by atoms with Crippen LogP contribution in [0.2, 0.25) is 0 Å². The number of aryl methyl sites for hydroxylation is 2. The minimum absolute atomic E-state index is 0.0594. The molecule has 216 valence electrons. The molecule has 0 bridgehead atoms. The van der Waals surface area contributed by atoms with Gasteiger partial charge in [0.25, 0.3) is 5.91 Å². The molecule has 3 N–H and O–H groups in total. The number of carboxylic acid groups (broad SMARTS) is 1. The number of nitrogens with two attached hydrogens (primary N) is 1. The van der Waals surface area contributed by atoms with Gasteiger partial charge >= 0.3 is 5.97 Å².